The largest absolute Gasteiger partial charge is 0.494 e. The fourth-order valence-corrected chi connectivity index (χ4v) is 3.62. The molecule has 4 aromatic rings. The number of nitrogens with one attached hydrogen (secondary N) is 1. The van der Waals surface area contributed by atoms with Gasteiger partial charge >= 0.3 is 0 Å². The Balaban J connectivity index is 0.00000103. The van der Waals surface area contributed by atoms with Crippen molar-refractivity contribution in [1.29, 1.82) is 0 Å². The molecule has 4 rings (SSSR count). The highest BCUT2D eigenvalue weighted by molar-refractivity contribution is 6.12. The lowest BCUT2D eigenvalue weighted by atomic mass is 10.2. The molecule has 2 aromatic heterocycles. The Morgan fingerprint density at radius 2 is 1.65 bits per heavy atom. The normalized spacial score (nSPS) is 10.5. The topological polar surface area (TPSA) is 139 Å². The van der Waals surface area contributed by atoms with E-state index in [1.165, 1.54) is 6.42 Å². The molecular weight excluding hydrogens is 430 g/mol. The molecule has 2 heterocycles. The molecular formula is C25H33N7O2. The van der Waals surface area contributed by atoms with Crippen LogP contribution in [0.15, 0.2) is 42.5 Å². The van der Waals surface area contributed by atoms with Gasteiger partial charge in [0.05, 0.1) is 30.2 Å². The van der Waals surface area contributed by atoms with Crippen LogP contribution < -0.4 is 32.0 Å². The highest BCUT2D eigenvalue weighted by Crippen LogP contribution is 2.42. The summed E-state index contributed by atoms with van der Waals surface area (Å²) in [6.45, 7) is 8.72. The molecule has 0 unspecified atom stereocenters. The van der Waals surface area contributed by atoms with Crippen molar-refractivity contribution in [3.63, 3.8) is 0 Å². The average Bonchev–Trinajstić information content (AvgIpc) is 3.07. The van der Waals surface area contributed by atoms with E-state index in [0.29, 0.717) is 52.0 Å². The minimum Gasteiger partial charge on any atom is -0.494 e. The number of nitrogens with two attached hydrogens (primary N) is 3. The molecule has 180 valence electrons. The number of fused-ring (bicyclic) bond motifs is 1. The second-order valence-corrected chi connectivity index (χ2v) is 7.76. The van der Waals surface area contributed by atoms with E-state index >= 15 is 0 Å². The molecule has 2 aromatic carbocycles. The van der Waals surface area contributed by atoms with E-state index in [9.17, 15) is 0 Å². The molecule has 0 spiro atoms. The van der Waals surface area contributed by atoms with Crippen molar-refractivity contribution >= 4 is 39.7 Å². The molecule has 0 saturated heterocycles. The van der Waals surface area contributed by atoms with E-state index in [0.717, 1.165) is 11.3 Å². The Labute approximate surface area is 199 Å². The first-order chi connectivity index (χ1) is 16.4. The Morgan fingerprint density at radius 1 is 0.941 bits per heavy atom. The quantitative estimate of drug-likeness (QED) is 0.312. The second kappa shape index (κ2) is 10.7. The molecule has 9 nitrogen and oxygen atoms in total. The van der Waals surface area contributed by atoms with Crippen LogP contribution in [0.5, 0.6) is 11.5 Å². The summed E-state index contributed by atoms with van der Waals surface area (Å²) in [6, 6.07) is 13.3. The van der Waals surface area contributed by atoms with E-state index in [1.54, 1.807) is 17.7 Å². The predicted octanol–water partition coefficient (Wildman–Crippen LogP) is 5.04. The van der Waals surface area contributed by atoms with Crippen LogP contribution in [-0.4, -0.2) is 28.5 Å². The molecule has 0 aliphatic rings. The molecule has 34 heavy (non-hydrogen) atoms. The van der Waals surface area contributed by atoms with E-state index < -0.39 is 0 Å². The number of nitrogens with zero attached hydrogens (tertiary/aromatic N) is 3. The maximum absolute atomic E-state index is 6.58. The van der Waals surface area contributed by atoms with Crippen molar-refractivity contribution in [2.45, 2.75) is 34.1 Å². The molecule has 9 heteroatoms. The van der Waals surface area contributed by atoms with Crippen molar-refractivity contribution in [3.05, 3.63) is 48.0 Å². The van der Waals surface area contributed by atoms with Crippen LogP contribution in [-0.2, 0) is 0 Å². The van der Waals surface area contributed by atoms with Gasteiger partial charge in [-0.15, -0.1) is 10.2 Å². The summed E-state index contributed by atoms with van der Waals surface area (Å²) in [5, 5.41) is 12.7. The zero-order valence-electron chi connectivity index (χ0n) is 20.3. The van der Waals surface area contributed by atoms with Crippen LogP contribution in [0.3, 0.4) is 0 Å². The summed E-state index contributed by atoms with van der Waals surface area (Å²) < 4.78 is 12.8. The third kappa shape index (κ3) is 4.78. The average molecular weight is 464 g/mol. The number of rotatable bonds is 6. The van der Waals surface area contributed by atoms with Gasteiger partial charge < -0.3 is 32.0 Å². The molecule has 0 saturated carbocycles. The lowest BCUT2D eigenvalue weighted by Gasteiger charge is -2.14. The van der Waals surface area contributed by atoms with Gasteiger partial charge in [-0.3, -0.25) is 4.57 Å². The van der Waals surface area contributed by atoms with E-state index in [4.69, 9.17) is 26.7 Å². The van der Waals surface area contributed by atoms with Crippen LogP contribution in [0.1, 0.15) is 32.8 Å². The molecule has 0 radical (unpaired) electrons. The molecule has 0 aliphatic carbocycles. The monoisotopic (exact) mass is 463 g/mol. The lowest BCUT2D eigenvalue weighted by molar-refractivity contribution is 0.336. The Hall–Kier alpha value is -4.14. The summed E-state index contributed by atoms with van der Waals surface area (Å²) in [6.07, 6.45) is 1.25. The second-order valence-electron chi connectivity index (χ2n) is 7.76. The summed E-state index contributed by atoms with van der Waals surface area (Å²) in [4.78, 5) is 0. The number of anilines is 5. The number of benzene rings is 2. The van der Waals surface area contributed by atoms with E-state index in [-0.39, 0.29) is 5.82 Å². The molecule has 0 bridgehead atoms. The number of aromatic nitrogens is 3. The number of hydrogen-bond acceptors (Lipinski definition) is 8. The van der Waals surface area contributed by atoms with Gasteiger partial charge in [-0.25, -0.2) is 0 Å². The summed E-state index contributed by atoms with van der Waals surface area (Å²) >= 11 is 0. The van der Waals surface area contributed by atoms with Crippen LogP contribution in [0.4, 0.5) is 29.0 Å². The summed E-state index contributed by atoms with van der Waals surface area (Å²) in [5.74, 6) is 2.60. The fourth-order valence-electron chi connectivity index (χ4n) is 3.62. The van der Waals surface area contributed by atoms with Gasteiger partial charge in [-0.05, 0) is 43.7 Å². The van der Waals surface area contributed by atoms with Gasteiger partial charge in [0.15, 0.2) is 11.6 Å². The SMILES string of the molecule is CCC.CCOc1ccc(-n2c(N)c3c(N)nnc(Nc4cccc(C)c4)c3c2N)c(OC)c1. The van der Waals surface area contributed by atoms with Crippen molar-refractivity contribution in [2.75, 3.05) is 36.2 Å². The lowest BCUT2D eigenvalue weighted by Crippen LogP contribution is -2.06. The van der Waals surface area contributed by atoms with Crippen molar-refractivity contribution in [2.24, 2.45) is 0 Å². The highest BCUT2D eigenvalue weighted by atomic mass is 16.5. The van der Waals surface area contributed by atoms with Gasteiger partial charge in [0.2, 0.25) is 0 Å². The molecule has 7 N–H and O–H groups in total. The first kappa shape index (κ1) is 24.5. The summed E-state index contributed by atoms with van der Waals surface area (Å²) in [7, 11) is 1.58. The standard InChI is InChI=1S/C22H25N7O2.C3H8/c1-4-31-14-8-9-15(16(11-14)30-3)29-20(24)17-18(21(29)25)22(28-27-19(17)23)26-13-7-5-6-12(2)10-13;1-3-2/h5-11H,4,24-25H2,1-3H3,(H2,23,27)(H,26,28);3H2,1-2H3. The molecule has 0 fully saturated rings. The molecule has 0 atom stereocenters. The fraction of sp³-hybridized carbons (Fsp3) is 0.280. The predicted molar refractivity (Wildman–Crippen MR) is 140 cm³/mol. The van der Waals surface area contributed by atoms with Crippen LogP contribution in [0.2, 0.25) is 0 Å². The van der Waals surface area contributed by atoms with Crippen LogP contribution in [0.25, 0.3) is 16.5 Å². The maximum Gasteiger partial charge on any atom is 0.164 e. The first-order valence-electron chi connectivity index (χ1n) is 11.2. The van der Waals surface area contributed by atoms with Gasteiger partial charge in [-0.2, -0.15) is 0 Å². The number of methoxy groups -OCH3 is 1. The Morgan fingerprint density at radius 3 is 2.29 bits per heavy atom. The summed E-state index contributed by atoms with van der Waals surface area (Å²) in [5.41, 5.74) is 21.8. The third-order valence-corrected chi connectivity index (χ3v) is 4.98. The Kier molecular flexibility index (Phi) is 7.68. The van der Waals surface area contributed by atoms with Crippen molar-refractivity contribution in [1.82, 2.24) is 14.8 Å². The number of nitrogen functional groups attached to an aromatic ring is 3. The van der Waals surface area contributed by atoms with Gasteiger partial charge in [0.25, 0.3) is 0 Å². The van der Waals surface area contributed by atoms with Crippen molar-refractivity contribution in [3.8, 4) is 17.2 Å². The van der Waals surface area contributed by atoms with Crippen LogP contribution in [0, 0.1) is 6.92 Å². The first-order valence-corrected chi connectivity index (χ1v) is 11.2. The molecule has 0 aliphatic heterocycles. The van der Waals surface area contributed by atoms with Crippen LogP contribution >= 0.6 is 0 Å². The number of aryl methyl sites for hydroxylation is 1. The number of ether oxygens (including phenoxy) is 2. The van der Waals surface area contributed by atoms with Gasteiger partial charge in [-0.1, -0.05) is 32.4 Å². The minimum absolute atomic E-state index is 0.192. The molecule has 0 amide bonds. The zero-order chi connectivity index (χ0) is 24.8. The minimum atomic E-state index is 0.192. The smallest absolute Gasteiger partial charge is 0.164 e. The zero-order valence-corrected chi connectivity index (χ0v) is 20.3. The highest BCUT2D eigenvalue weighted by Gasteiger charge is 2.23. The van der Waals surface area contributed by atoms with E-state index in [1.807, 2.05) is 50.2 Å². The maximum atomic E-state index is 6.58. The van der Waals surface area contributed by atoms with Gasteiger partial charge in [0.1, 0.15) is 23.1 Å². The Bertz CT molecular complexity index is 1280. The van der Waals surface area contributed by atoms with Gasteiger partial charge in [0, 0.05) is 11.8 Å². The third-order valence-electron chi connectivity index (χ3n) is 4.98. The number of hydrogen-bond donors (Lipinski definition) is 4. The van der Waals surface area contributed by atoms with Crippen molar-refractivity contribution < 1.29 is 9.47 Å². The van der Waals surface area contributed by atoms with E-state index in [2.05, 4.69) is 29.4 Å².